The number of sulfonamides is 1. The van der Waals surface area contributed by atoms with Crippen LogP contribution in [-0.4, -0.2) is 23.2 Å². The first-order valence-electron chi connectivity index (χ1n) is 6.84. The minimum absolute atomic E-state index is 0.118. The molecule has 0 amide bonds. The minimum Gasteiger partial charge on any atom is -0.311 e. The molecule has 0 aliphatic carbocycles. The van der Waals surface area contributed by atoms with Gasteiger partial charge >= 0.3 is 0 Å². The molecule has 124 valence electrons. The lowest BCUT2D eigenvalue weighted by Gasteiger charge is -2.09. The lowest BCUT2D eigenvalue weighted by atomic mass is 10.3. The van der Waals surface area contributed by atoms with E-state index in [-0.39, 0.29) is 4.90 Å². The quantitative estimate of drug-likeness (QED) is 0.733. The van der Waals surface area contributed by atoms with Gasteiger partial charge in [-0.3, -0.25) is 4.72 Å². The molecule has 0 radical (unpaired) electrons. The Balaban J connectivity index is 1.75. The van der Waals surface area contributed by atoms with Crippen molar-refractivity contribution in [1.82, 2.24) is 14.8 Å². The number of hydrogen-bond donors (Lipinski definition) is 1. The Morgan fingerprint density at radius 2 is 1.92 bits per heavy atom. The van der Waals surface area contributed by atoms with Crippen molar-refractivity contribution in [2.45, 2.75) is 14.9 Å². The first kappa shape index (κ1) is 16.8. The normalized spacial score (nSPS) is 11.4. The average molecular weight is 381 g/mol. The van der Waals surface area contributed by atoms with E-state index in [1.807, 2.05) is 19.2 Å². The Kier molecular flexibility index (Phi) is 4.79. The van der Waals surface area contributed by atoms with Crippen molar-refractivity contribution in [2.24, 2.45) is 7.05 Å². The average Bonchev–Trinajstić information content (AvgIpc) is 2.94. The van der Waals surface area contributed by atoms with E-state index in [0.717, 1.165) is 10.1 Å². The fourth-order valence-corrected chi connectivity index (χ4v) is 4.03. The third kappa shape index (κ3) is 3.89. The first-order valence-corrected chi connectivity index (χ1v) is 9.52. The molecule has 1 N–H and O–H groups in total. The Bertz CT molecular complexity index is 956. The third-order valence-corrected chi connectivity index (χ3v) is 5.77. The Labute approximate surface area is 148 Å². The van der Waals surface area contributed by atoms with Crippen LogP contribution in [0, 0.1) is 0 Å². The smallest absolute Gasteiger partial charge is 0.261 e. The lowest BCUT2D eigenvalue weighted by Crippen LogP contribution is -2.12. The summed E-state index contributed by atoms with van der Waals surface area (Å²) in [5, 5.41) is 8.93. The number of aromatic nitrogens is 3. The SMILES string of the molecule is Cn1cnnc1Sc1ccc(NS(=O)(=O)c2cccc(Cl)c2)cc1. The zero-order valence-corrected chi connectivity index (χ0v) is 14.9. The molecule has 24 heavy (non-hydrogen) atoms. The van der Waals surface area contributed by atoms with E-state index < -0.39 is 10.0 Å². The maximum atomic E-state index is 12.3. The summed E-state index contributed by atoms with van der Waals surface area (Å²) < 4.78 is 29.0. The van der Waals surface area contributed by atoms with Crippen LogP contribution in [0.25, 0.3) is 0 Å². The number of nitrogens with zero attached hydrogens (tertiary/aromatic N) is 3. The summed E-state index contributed by atoms with van der Waals surface area (Å²) >= 11 is 7.29. The van der Waals surface area contributed by atoms with Gasteiger partial charge in [0.05, 0.1) is 4.90 Å². The van der Waals surface area contributed by atoms with Gasteiger partial charge < -0.3 is 4.57 Å². The molecule has 0 unspecified atom stereocenters. The second-order valence-electron chi connectivity index (χ2n) is 4.91. The van der Waals surface area contributed by atoms with E-state index in [0.29, 0.717) is 10.7 Å². The highest BCUT2D eigenvalue weighted by molar-refractivity contribution is 7.99. The summed E-state index contributed by atoms with van der Waals surface area (Å²) in [6.07, 6.45) is 1.62. The molecule has 0 spiro atoms. The summed E-state index contributed by atoms with van der Waals surface area (Å²) in [5.74, 6) is 0. The van der Waals surface area contributed by atoms with Crippen LogP contribution in [0.4, 0.5) is 5.69 Å². The molecule has 9 heteroatoms. The summed E-state index contributed by atoms with van der Waals surface area (Å²) in [4.78, 5) is 1.05. The van der Waals surface area contributed by atoms with Crippen LogP contribution < -0.4 is 4.72 Å². The molecular weight excluding hydrogens is 368 g/mol. The van der Waals surface area contributed by atoms with Crippen LogP contribution in [0.3, 0.4) is 0 Å². The van der Waals surface area contributed by atoms with Gasteiger partial charge in [0, 0.05) is 22.7 Å². The van der Waals surface area contributed by atoms with Gasteiger partial charge in [0.1, 0.15) is 6.33 Å². The largest absolute Gasteiger partial charge is 0.311 e. The van der Waals surface area contributed by atoms with Gasteiger partial charge in [-0.1, -0.05) is 17.7 Å². The molecule has 0 aliphatic rings. The Morgan fingerprint density at radius 3 is 2.54 bits per heavy atom. The van der Waals surface area contributed by atoms with Crippen molar-refractivity contribution in [1.29, 1.82) is 0 Å². The molecule has 0 saturated heterocycles. The lowest BCUT2D eigenvalue weighted by molar-refractivity contribution is 0.601. The second kappa shape index (κ2) is 6.84. The molecule has 0 atom stereocenters. The molecule has 3 aromatic rings. The summed E-state index contributed by atoms with van der Waals surface area (Å²) in [6, 6.07) is 13.1. The molecular formula is C15H13ClN4O2S2. The van der Waals surface area contributed by atoms with E-state index in [1.54, 1.807) is 35.2 Å². The van der Waals surface area contributed by atoms with Gasteiger partial charge in [-0.15, -0.1) is 10.2 Å². The highest BCUT2D eigenvalue weighted by Gasteiger charge is 2.14. The number of rotatable bonds is 5. The molecule has 0 bridgehead atoms. The Morgan fingerprint density at radius 1 is 1.17 bits per heavy atom. The number of halogens is 1. The molecule has 0 aliphatic heterocycles. The molecule has 2 aromatic carbocycles. The van der Waals surface area contributed by atoms with Crippen molar-refractivity contribution < 1.29 is 8.42 Å². The number of benzene rings is 2. The fraction of sp³-hybridized carbons (Fsp3) is 0.0667. The van der Waals surface area contributed by atoms with Gasteiger partial charge in [0.15, 0.2) is 5.16 Å². The van der Waals surface area contributed by atoms with Gasteiger partial charge in [0.25, 0.3) is 10.0 Å². The molecule has 1 aromatic heterocycles. The summed E-state index contributed by atoms with van der Waals surface area (Å²) in [6.45, 7) is 0. The topological polar surface area (TPSA) is 76.9 Å². The highest BCUT2D eigenvalue weighted by Crippen LogP contribution is 2.27. The number of anilines is 1. The van der Waals surface area contributed by atoms with Crippen LogP contribution in [-0.2, 0) is 17.1 Å². The van der Waals surface area contributed by atoms with Crippen LogP contribution in [0.1, 0.15) is 0 Å². The monoisotopic (exact) mass is 380 g/mol. The van der Waals surface area contributed by atoms with Crippen molar-refractivity contribution in [3.8, 4) is 0 Å². The number of nitrogens with one attached hydrogen (secondary N) is 1. The number of hydrogen-bond acceptors (Lipinski definition) is 5. The van der Waals surface area contributed by atoms with Gasteiger partial charge in [-0.2, -0.15) is 0 Å². The van der Waals surface area contributed by atoms with Gasteiger partial charge in [-0.25, -0.2) is 8.42 Å². The van der Waals surface area contributed by atoms with E-state index in [2.05, 4.69) is 14.9 Å². The van der Waals surface area contributed by atoms with E-state index in [4.69, 9.17) is 11.6 Å². The first-order chi connectivity index (χ1) is 11.4. The van der Waals surface area contributed by atoms with Crippen molar-refractivity contribution in [3.05, 3.63) is 59.9 Å². The zero-order chi connectivity index (χ0) is 17.2. The van der Waals surface area contributed by atoms with Crippen LogP contribution >= 0.6 is 23.4 Å². The molecule has 6 nitrogen and oxygen atoms in total. The van der Waals surface area contributed by atoms with Crippen molar-refractivity contribution in [2.75, 3.05) is 4.72 Å². The van der Waals surface area contributed by atoms with Gasteiger partial charge in [-0.05, 0) is 54.2 Å². The van der Waals surface area contributed by atoms with Crippen LogP contribution in [0.5, 0.6) is 0 Å². The van der Waals surface area contributed by atoms with E-state index in [9.17, 15) is 8.42 Å². The minimum atomic E-state index is -3.67. The second-order valence-corrected chi connectivity index (χ2v) is 8.07. The summed E-state index contributed by atoms with van der Waals surface area (Å²) in [7, 11) is -1.82. The van der Waals surface area contributed by atoms with Crippen LogP contribution in [0.2, 0.25) is 5.02 Å². The predicted octanol–water partition coefficient (Wildman–Crippen LogP) is 3.42. The van der Waals surface area contributed by atoms with Crippen molar-refractivity contribution >= 4 is 39.1 Å². The number of aryl methyl sites for hydroxylation is 1. The maximum absolute atomic E-state index is 12.3. The Hall–Kier alpha value is -2.03. The third-order valence-electron chi connectivity index (χ3n) is 3.09. The fourth-order valence-electron chi connectivity index (χ4n) is 1.91. The molecule has 1 heterocycles. The zero-order valence-electron chi connectivity index (χ0n) is 12.5. The molecule has 3 rings (SSSR count). The maximum Gasteiger partial charge on any atom is 0.261 e. The molecule has 0 saturated carbocycles. The highest BCUT2D eigenvalue weighted by atomic mass is 35.5. The predicted molar refractivity (Wildman–Crippen MR) is 93.8 cm³/mol. The van der Waals surface area contributed by atoms with Crippen LogP contribution in [0.15, 0.2) is 69.8 Å². The molecule has 0 fully saturated rings. The summed E-state index contributed by atoms with van der Waals surface area (Å²) in [5.41, 5.74) is 0.470. The van der Waals surface area contributed by atoms with Gasteiger partial charge in [0.2, 0.25) is 0 Å². The van der Waals surface area contributed by atoms with E-state index in [1.165, 1.54) is 23.9 Å². The van der Waals surface area contributed by atoms with Crippen molar-refractivity contribution in [3.63, 3.8) is 0 Å². The van der Waals surface area contributed by atoms with E-state index >= 15 is 0 Å². The standard InChI is InChI=1S/C15H13ClN4O2S2/c1-20-10-17-18-15(20)23-13-7-5-12(6-8-13)19-24(21,22)14-4-2-3-11(16)9-14/h2-10,19H,1H3.